The van der Waals surface area contributed by atoms with E-state index in [1.54, 1.807) is 30.8 Å². The number of thioether (sulfide) groups is 1. The first-order valence-electron chi connectivity index (χ1n) is 11.0. The molecular weight excluding hydrogens is 457 g/mol. The predicted molar refractivity (Wildman–Crippen MR) is 133 cm³/mol. The van der Waals surface area contributed by atoms with Crippen LogP contribution in [0.2, 0.25) is 0 Å². The zero-order chi connectivity index (χ0) is 23.9. The van der Waals surface area contributed by atoms with Crippen LogP contribution < -0.4 is 0 Å². The number of nitrogens with zero attached hydrogens (tertiary/aromatic N) is 3. The van der Waals surface area contributed by atoms with E-state index in [4.69, 9.17) is 4.98 Å². The minimum Gasteiger partial charge on any atom is -0.476 e. The smallest absolute Gasteiger partial charge is 0.355 e. The Morgan fingerprint density at radius 2 is 2.09 bits per heavy atom. The van der Waals surface area contributed by atoms with Crippen LogP contribution >= 0.6 is 23.1 Å². The molecule has 2 heterocycles. The van der Waals surface area contributed by atoms with E-state index >= 15 is 0 Å². The first kappa shape index (κ1) is 23.7. The molecule has 0 unspecified atom stereocenters. The Kier molecular flexibility index (Phi) is 6.51. The lowest BCUT2D eigenvalue weighted by atomic mass is 9.78. The predicted octanol–water partition coefficient (Wildman–Crippen LogP) is 7.24. The number of aromatic carboxylic acids is 1. The quantitative estimate of drug-likeness (QED) is 0.373. The van der Waals surface area contributed by atoms with Crippen LogP contribution in [0.4, 0.5) is 4.39 Å². The fourth-order valence-corrected chi connectivity index (χ4v) is 6.53. The van der Waals surface area contributed by atoms with Crippen LogP contribution in [-0.2, 0) is 0 Å². The van der Waals surface area contributed by atoms with Crippen LogP contribution in [0.5, 0.6) is 0 Å². The molecule has 0 aliphatic heterocycles. The van der Waals surface area contributed by atoms with Crippen LogP contribution in [0, 0.1) is 18.2 Å². The maximum atomic E-state index is 13.9. The number of rotatable bonds is 6. The molecule has 0 atom stereocenters. The van der Waals surface area contributed by atoms with E-state index < -0.39 is 11.8 Å². The summed E-state index contributed by atoms with van der Waals surface area (Å²) in [4.78, 5) is 17.2. The number of aryl methyl sites for hydroxylation is 1. The van der Waals surface area contributed by atoms with Gasteiger partial charge in [-0.05, 0) is 54.9 Å². The molecule has 0 bridgehead atoms. The molecule has 3 aromatic rings. The molecule has 4 rings (SSSR count). The van der Waals surface area contributed by atoms with Crippen molar-refractivity contribution in [2.24, 2.45) is 5.41 Å². The maximum absolute atomic E-state index is 13.9. The average molecular weight is 486 g/mol. The van der Waals surface area contributed by atoms with E-state index in [2.05, 4.69) is 38.9 Å². The Hall–Kier alpha value is -2.45. The number of halogens is 1. The third-order valence-electron chi connectivity index (χ3n) is 5.76. The van der Waals surface area contributed by atoms with Gasteiger partial charge in [0.1, 0.15) is 5.82 Å². The van der Waals surface area contributed by atoms with Crippen molar-refractivity contribution in [2.45, 2.75) is 63.3 Å². The second kappa shape index (κ2) is 9.06. The standard InChI is InChI=1S/C25H28FN3O2S2/c1-14(2)32-23-20(16-9-11-25(4,5)12-10-16)27-24(33-23)29-21(22(30)31)19(15(3)28-29)17-7-6-8-18(26)13-17/h6-9,13-14H,10-12H2,1-5H3,(H,30,31). The minimum atomic E-state index is -1.12. The number of carboxylic acid groups (broad SMARTS) is 1. The number of hydrogen-bond donors (Lipinski definition) is 1. The lowest BCUT2D eigenvalue weighted by Gasteiger charge is -2.28. The van der Waals surface area contributed by atoms with Crippen molar-refractivity contribution in [3.63, 3.8) is 0 Å². The number of benzene rings is 1. The van der Waals surface area contributed by atoms with Gasteiger partial charge in [0.15, 0.2) is 5.69 Å². The van der Waals surface area contributed by atoms with Crippen LogP contribution in [0.3, 0.4) is 0 Å². The van der Waals surface area contributed by atoms with Gasteiger partial charge in [-0.25, -0.2) is 14.2 Å². The van der Waals surface area contributed by atoms with Crippen molar-refractivity contribution in [1.29, 1.82) is 0 Å². The van der Waals surface area contributed by atoms with Gasteiger partial charge < -0.3 is 5.11 Å². The number of hydrogen-bond acceptors (Lipinski definition) is 5. The average Bonchev–Trinajstić information content (AvgIpc) is 3.28. The van der Waals surface area contributed by atoms with Crippen molar-refractivity contribution in [1.82, 2.24) is 14.8 Å². The van der Waals surface area contributed by atoms with Crippen LogP contribution in [-0.4, -0.2) is 31.1 Å². The molecule has 33 heavy (non-hydrogen) atoms. The molecule has 0 amide bonds. The lowest BCUT2D eigenvalue weighted by Crippen LogP contribution is -2.14. The summed E-state index contributed by atoms with van der Waals surface area (Å²) in [5.41, 5.74) is 3.84. The molecule has 5 nitrogen and oxygen atoms in total. The van der Waals surface area contributed by atoms with Crippen molar-refractivity contribution >= 4 is 34.6 Å². The van der Waals surface area contributed by atoms with Crippen molar-refractivity contribution in [3.05, 3.63) is 53.2 Å². The molecule has 1 N–H and O–H groups in total. The zero-order valence-electron chi connectivity index (χ0n) is 19.5. The summed E-state index contributed by atoms with van der Waals surface area (Å²) in [7, 11) is 0. The first-order valence-corrected chi connectivity index (χ1v) is 12.7. The Morgan fingerprint density at radius 1 is 1.33 bits per heavy atom. The molecule has 2 aromatic heterocycles. The van der Waals surface area contributed by atoms with E-state index in [0.717, 1.165) is 29.2 Å². The SMILES string of the molecule is Cc1nn(-c2nc(C3=CCC(C)(C)CC3)c(SC(C)C)s2)c(C(=O)O)c1-c1cccc(F)c1. The van der Waals surface area contributed by atoms with Crippen molar-refractivity contribution in [2.75, 3.05) is 0 Å². The summed E-state index contributed by atoms with van der Waals surface area (Å²) >= 11 is 3.20. The Morgan fingerprint density at radius 3 is 2.70 bits per heavy atom. The van der Waals surface area contributed by atoms with E-state index in [1.165, 1.54) is 33.7 Å². The Bertz CT molecular complexity index is 1240. The summed E-state index contributed by atoms with van der Waals surface area (Å²) in [5.74, 6) is -1.54. The van der Waals surface area contributed by atoms with Gasteiger partial charge in [-0.1, -0.05) is 57.2 Å². The van der Waals surface area contributed by atoms with Gasteiger partial charge in [-0.15, -0.1) is 11.8 Å². The number of thiazole rings is 1. The number of carboxylic acids is 1. The Balaban J connectivity index is 1.86. The highest BCUT2D eigenvalue weighted by Gasteiger charge is 2.29. The normalized spacial score (nSPS) is 15.7. The van der Waals surface area contributed by atoms with E-state index in [-0.39, 0.29) is 11.1 Å². The van der Waals surface area contributed by atoms with Gasteiger partial charge in [-0.2, -0.15) is 9.78 Å². The molecule has 0 fully saturated rings. The van der Waals surface area contributed by atoms with Crippen molar-refractivity contribution in [3.8, 4) is 16.3 Å². The van der Waals surface area contributed by atoms with Gasteiger partial charge in [0.05, 0.1) is 15.6 Å². The molecule has 0 radical (unpaired) electrons. The largest absolute Gasteiger partial charge is 0.476 e. The molecule has 0 saturated carbocycles. The maximum Gasteiger partial charge on any atom is 0.355 e. The fraction of sp³-hybridized carbons (Fsp3) is 0.400. The monoisotopic (exact) mass is 485 g/mol. The highest BCUT2D eigenvalue weighted by molar-refractivity contribution is 8.01. The van der Waals surface area contributed by atoms with Crippen LogP contribution in [0.25, 0.3) is 21.8 Å². The van der Waals surface area contributed by atoms with Crippen molar-refractivity contribution < 1.29 is 14.3 Å². The van der Waals surface area contributed by atoms with Crippen LogP contribution in [0.15, 0.2) is 34.6 Å². The van der Waals surface area contributed by atoms with Crippen LogP contribution in [0.1, 0.15) is 68.8 Å². The number of aromatic nitrogens is 3. The highest BCUT2D eigenvalue weighted by Crippen LogP contribution is 2.44. The van der Waals surface area contributed by atoms with Gasteiger partial charge in [-0.3, -0.25) is 0 Å². The van der Waals surface area contributed by atoms with E-state index in [9.17, 15) is 14.3 Å². The summed E-state index contributed by atoms with van der Waals surface area (Å²) < 4.78 is 16.4. The van der Waals surface area contributed by atoms with Gasteiger partial charge in [0.2, 0.25) is 5.13 Å². The molecule has 174 valence electrons. The third kappa shape index (κ3) is 4.92. The van der Waals surface area contributed by atoms with E-state index in [0.29, 0.717) is 27.2 Å². The molecular formula is C25H28FN3O2S2. The number of carbonyl (C=O) groups is 1. The Labute approximate surface area is 201 Å². The fourth-order valence-electron chi connectivity index (χ4n) is 4.03. The molecule has 0 saturated heterocycles. The summed E-state index contributed by atoms with van der Waals surface area (Å²) in [5, 5.41) is 15.5. The molecule has 0 spiro atoms. The second-order valence-electron chi connectivity index (χ2n) is 9.43. The topological polar surface area (TPSA) is 68.0 Å². The third-order valence-corrected chi connectivity index (χ3v) is 8.00. The lowest BCUT2D eigenvalue weighted by molar-refractivity contribution is 0.0688. The second-order valence-corrected chi connectivity index (χ2v) is 12.3. The molecule has 1 aliphatic rings. The summed E-state index contributed by atoms with van der Waals surface area (Å²) in [6, 6.07) is 5.95. The minimum absolute atomic E-state index is 0.00162. The first-order chi connectivity index (χ1) is 15.6. The molecule has 1 aliphatic carbocycles. The van der Waals surface area contributed by atoms with Gasteiger partial charge in [0.25, 0.3) is 0 Å². The summed E-state index contributed by atoms with van der Waals surface area (Å²) in [6.07, 6.45) is 5.30. The van der Waals surface area contributed by atoms with E-state index in [1.807, 2.05) is 0 Å². The molecule has 8 heteroatoms. The zero-order valence-corrected chi connectivity index (χ0v) is 21.1. The number of allylic oxidation sites excluding steroid dienone is 2. The highest BCUT2D eigenvalue weighted by atomic mass is 32.2. The summed E-state index contributed by atoms with van der Waals surface area (Å²) in [6.45, 7) is 10.6. The molecule has 1 aromatic carbocycles. The van der Waals surface area contributed by atoms with Gasteiger partial charge in [0, 0.05) is 10.8 Å². The van der Waals surface area contributed by atoms with Gasteiger partial charge >= 0.3 is 5.97 Å².